The van der Waals surface area contributed by atoms with E-state index in [1.165, 1.54) is 0 Å². The van der Waals surface area contributed by atoms with Gasteiger partial charge in [0.15, 0.2) is 0 Å². The Morgan fingerprint density at radius 3 is 1.55 bits per heavy atom. The molecular weight excluding hydrogens is 140 g/mol. The van der Waals surface area contributed by atoms with Crippen molar-refractivity contribution < 1.29 is 10.2 Å². The molecule has 0 spiro atoms. The second-order valence-corrected chi connectivity index (χ2v) is 3.73. The molecule has 0 aliphatic rings. The maximum Gasteiger partial charge on any atom is 0.0543 e. The van der Waals surface area contributed by atoms with E-state index < -0.39 is 0 Å². The number of aliphatic hydroxyl groups excluding tert-OH is 2. The third-order valence-corrected chi connectivity index (χ3v) is 2.09. The highest BCUT2D eigenvalue weighted by atomic mass is 16.3. The van der Waals surface area contributed by atoms with Crippen LogP contribution in [0.5, 0.6) is 0 Å². The summed E-state index contributed by atoms with van der Waals surface area (Å²) in [5.74, 6) is 0.652. The lowest BCUT2D eigenvalue weighted by molar-refractivity contribution is 0.0552. The van der Waals surface area contributed by atoms with Crippen LogP contribution in [0, 0.1) is 11.8 Å². The number of aliphatic hydroxyl groups is 2. The zero-order valence-electron chi connectivity index (χ0n) is 7.91. The summed E-state index contributed by atoms with van der Waals surface area (Å²) in [6.45, 7) is 7.68. The van der Waals surface area contributed by atoms with Crippen molar-refractivity contribution in [3.8, 4) is 0 Å². The van der Waals surface area contributed by atoms with Crippen LogP contribution in [0.1, 0.15) is 34.1 Å². The molecule has 0 heterocycles. The van der Waals surface area contributed by atoms with Crippen molar-refractivity contribution in [1.29, 1.82) is 0 Å². The van der Waals surface area contributed by atoms with E-state index in [0.717, 1.165) is 0 Å². The highest BCUT2D eigenvalue weighted by Crippen LogP contribution is 2.20. The SMILES string of the molecule is CC(C)C(C[C@H](C)O)[C@@H](C)O. The molecule has 0 saturated heterocycles. The van der Waals surface area contributed by atoms with Crippen LogP contribution in [0.2, 0.25) is 0 Å². The smallest absolute Gasteiger partial charge is 0.0543 e. The van der Waals surface area contributed by atoms with Gasteiger partial charge < -0.3 is 10.2 Å². The first-order valence-electron chi connectivity index (χ1n) is 4.31. The van der Waals surface area contributed by atoms with Gasteiger partial charge in [-0.2, -0.15) is 0 Å². The molecule has 0 amide bonds. The summed E-state index contributed by atoms with van der Waals surface area (Å²) in [6, 6.07) is 0. The van der Waals surface area contributed by atoms with Crippen LogP contribution in [-0.2, 0) is 0 Å². The summed E-state index contributed by atoms with van der Waals surface area (Å²) < 4.78 is 0. The van der Waals surface area contributed by atoms with Gasteiger partial charge in [0.05, 0.1) is 12.2 Å². The molecule has 0 bridgehead atoms. The molecule has 3 atom stereocenters. The van der Waals surface area contributed by atoms with Gasteiger partial charge >= 0.3 is 0 Å². The molecule has 0 aromatic rings. The molecule has 0 aliphatic carbocycles. The quantitative estimate of drug-likeness (QED) is 0.653. The molecule has 68 valence electrons. The summed E-state index contributed by atoms with van der Waals surface area (Å²) in [4.78, 5) is 0. The third kappa shape index (κ3) is 4.38. The van der Waals surface area contributed by atoms with Crippen molar-refractivity contribution in [3.63, 3.8) is 0 Å². The van der Waals surface area contributed by atoms with Crippen molar-refractivity contribution in [3.05, 3.63) is 0 Å². The van der Waals surface area contributed by atoms with Crippen molar-refractivity contribution in [1.82, 2.24) is 0 Å². The van der Waals surface area contributed by atoms with E-state index in [2.05, 4.69) is 13.8 Å². The van der Waals surface area contributed by atoms with Gasteiger partial charge in [-0.15, -0.1) is 0 Å². The highest BCUT2D eigenvalue weighted by molar-refractivity contribution is 4.70. The second kappa shape index (κ2) is 4.73. The first kappa shape index (κ1) is 10.9. The molecular formula is C9H20O2. The molecule has 0 aromatic heterocycles. The lowest BCUT2D eigenvalue weighted by atomic mass is 9.86. The van der Waals surface area contributed by atoms with Gasteiger partial charge in [-0.05, 0) is 32.1 Å². The van der Waals surface area contributed by atoms with Crippen molar-refractivity contribution >= 4 is 0 Å². The maximum atomic E-state index is 9.32. The van der Waals surface area contributed by atoms with Crippen LogP contribution in [0.4, 0.5) is 0 Å². The van der Waals surface area contributed by atoms with Gasteiger partial charge in [-0.3, -0.25) is 0 Å². The number of hydrogen-bond acceptors (Lipinski definition) is 2. The van der Waals surface area contributed by atoms with Crippen molar-refractivity contribution in [2.24, 2.45) is 11.8 Å². The predicted octanol–water partition coefficient (Wildman–Crippen LogP) is 1.41. The minimum absolute atomic E-state index is 0.218. The molecule has 0 aromatic carbocycles. The summed E-state index contributed by atoms with van der Waals surface area (Å²) in [6.07, 6.45) is 0.0663. The lowest BCUT2D eigenvalue weighted by Gasteiger charge is -2.24. The van der Waals surface area contributed by atoms with E-state index in [1.54, 1.807) is 13.8 Å². The molecule has 2 nitrogen and oxygen atoms in total. The van der Waals surface area contributed by atoms with Crippen LogP contribution in [0.25, 0.3) is 0 Å². The normalized spacial score (nSPS) is 19.9. The Balaban J connectivity index is 3.90. The number of rotatable bonds is 4. The fraction of sp³-hybridized carbons (Fsp3) is 1.00. The molecule has 0 rings (SSSR count). The largest absolute Gasteiger partial charge is 0.393 e. The van der Waals surface area contributed by atoms with E-state index in [4.69, 9.17) is 5.11 Å². The summed E-state index contributed by atoms with van der Waals surface area (Å²) in [5.41, 5.74) is 0. The fourth-order valence-electron chi connectivity index (χ4n) is 1.42. The maximum absolute atomic E-state index is 9.32. The standard InChI is InChI=1S/C9H20O2/c1-6(2)9(8(4)11)5-7(3)10/h6-11H,5H2,1-4H3/t7-,8+,9?/m0/s1. The van der Waals surface area contributed by atoms with Crippen LogP contribution in [0.3, 0.4) is 0 Å². The zero-order valence-corrected chi connectivity index (χ0v) is 7.91. The third-order valence-electron chi connectivity index (χ3n) is 2.09. The minimum Gasteiger partial charge on any atom is -0.393 e. The van der Waals surface area contributed by atoms with Crippen LogP contribution in [0.15, 0.2) is 0 Å². The molecule has 0 aliphatic heterocycles. The predicted molar refractivity (Wildman–Crippen MR) is 46.3 cm³/mol. The van der Waals surface area contributed by atoms with E-state index in [1.807, 2.05) is 0 Å². The van der Waals surface area contributed by atoms with Gasteiger partial charge in [-0.25, -0.2) is 0 Å². The average Bonchev–Trinajstić information content (AvgIpc) is 1.81. The van der Waals surface area contributed by atoms with E-state index >= 15 is 0 Å². The highest BCUT2D eigenvalue weighted by Gasteiger charge is 2.20. The Kier molecular flexibility index (Phi) is 4.69. The Hall–Kier alpha value is -0.0800. The van der Waals surface area contributed by atoms with Crippen LogP contribution < -0.4 is 0 Å². The fourth-order valence-corrected chi connectivity index (χ4v) is 1.42. The van der Waals surface area contributed by atoms with Gasteiger partial charge in [0, 0.05) is 0 Å². The molecule has 0 radical (unpaired) electrons. The van der Waals surface area contributed by atoms with Crippen LogP contribution in [-0.4, -0.2) is 22.4 Å². The number of hydrogen-bond donors (Lipinski definition) is 2. The van der Waals surface area contributed by atoms with E-state index in [9.17, 15) is 5.11 Å². The molecule has 0 saturated carbocycles. The van der Waals surface area contributed by atoms with E-state index in [0.29, 0.717) is 12.3 Å². The first-order valence-corrected chi connectivity index (χ1v) is 4.31. The monoisotopic (exact) mass is 160 g/mol. The summed E-state index contributed by atoms with van der Waals surface area (Å²) in [7, 11) is 0. The molecule has 0 fully saturated rings. The molecule has 2 N–H and O–H groups in total. The topological polar surface area (TPSA) is 40.5 Å². The Morgan fingerprint density at radius 1 is 1.00 bits per heavy atom. The van der Waals surface area contributed by atoms with Gasteiger partial charge in [0.1, 0.15) is 0 Å². The minimum atomic E-state index is -0.315. The zero-order chi connectivity index (χ0) is 9.02. The molecule has 2 heteroatoms. The van der Waals surface area contributed by atoms with Gasteiger partial charge in [0.25, 0.3) is 0 Å². The van der Waals surface area contributed by atoms with Crippen molar-refractivity contribution in [2.45, 2.75) is 46.3 Å². The molecule has 11 heavy (non-hydrogen) atoms. The van der Waals surface area contributed by atoms with E-state index in [-0.39, 0.29) is 18.1 Å². The Labute approximate surface area is 69.2 Å². The Bertz CT molecular complexity index is 89.7. The first-order chi connectivity index (χ1) is 4.95. The summed E-state index contributed by atoms with van der Waals surface area (Å²) in [5, 5.41) is 18.4. The lowest BCUT2D eigenvalue weighted by Crippen LogP contribution is -2.25. The van der Waals surface area contributed by atoms with Crippen molar-refractivity contribution in [2.75, 3.05) is 0 Å². The van der Waals surface area contributed by atoms with Gasteiger partial charge in [0.2, 0.25) is 0 Å². The summed E-state index contributed by atoms with van der Waals surface area (Å²) >= 11 is 0. The molecule has 1 unspecified atom stereocenters. The Morgan fingerprint density at radius 2 is 1.45 bits per heavy atom. The van der Waals surface area contributed by atoms with Gasteiger partial charge in [-0.1, -0.05) is 13.8 Å². The second-order valence-electron chi connectivity index (χ2n) is 3.73. The van der Waals surface area contributed by atoms with Crippen LogP contribution >= 0.6 is 0 Å². The average molecular weight is 160 g/mol.